The van der Waals surface area contributed by atoms with Gasteiger partial charge in [0, 0.05) is 12.1 Å². The molecular formula is C18H15F7N4O2. The average molecular weight is 452 g/mol. The summed E-state index contributed by atoms with van der Waals surface area (Å²) in [5, 5.41) is 1.54. The van der Waals surface area contributed by atoms with E-state index in [1.54, 1.807) is 19.2 Å². The van der Waals surface area contributed by atoms with Gasteiger partial charge in [0.25, 0.3) is 5.54 Å². The highest BCUT2D eigenvalue weighted by atomic mass is 19.4. The summed E-state index contributed by atoms with van der Waals surface area (Å²) in [6.45, 7) is 2.83. The first-order valence-electron chi connectivity index (χ1n) is 8.89. The third kappa shape index (κ3) is 3.65. The lowest BCUT2D eigenvalue weighted by Crippen LogP contribution is -2.73. The van der Waals surface area contributed by atoms with Crippen molar-refractivity contribution in [2.75, 3.05) is 6.54 Å². The number of halogens is 7. The monoisotopic (exact) mass is 452 g/mol. The van der Waals surface area contributed by atoms with Crippen LogP contribution in [-0.2, 0) is 4.79 Å². The van der Waals surface area contributed by atoms with Gasteiger partial charge in [-0.1, -0.05) is 13.8 Å². The fourth-order valence-electron chi connectivity index (χ4n) is 3.37. The highest BCUT2D eigenvalue weighted by Gasteiger charge is 2.79. The number of carbonyl (C=O) groups is 2. The Morgan fingerprint density at radius 1 is 1.06 bits per heavy atom. The van der Waals surface area contributed by atoms with Crippen molar-refractivity contribution in [3.8, 4) is 0 Å². The van der Waals surface area contributed by atoms with E-state index < -0.39 is 53.2 Å². The van der Waals surface area contributed by atoms with Crippen molar-refractivity contribution < 1.29 is 40.3 Å². The molecule has 1 N–H and O–H groups in total. The van der Waals surface area contributed by atoms with Crippen molar-refractivity contribution in [1.29, 1.82) is 0 Å². The molecule has 1 aromatic carbocycles. The summed E-state index contributed by atoms with van der Waals surface area (Å²) < 4.78 is 97.5. The molecule has 3 amide bonds. The number of benzene rings is 1. The molecule has 0 radical (unpaired) electrons. The molecule has 0 saturated carbocycles. The number of fused-ring (bicyclic) bond motifs is 1. The zero-order valence-electron chi connectivity index (χ0n) is 16.0. The van der Waals surface area contributed by atoms with Crippen molar-refractivity contribution in [3.05, 3.63) is 35.6 Å². The molecule has 0 spiro atoms. The van der Waals surface area contributed by atoms with E-state index in [-0.39, 0.29) is 18.0 Å². The maximum atomic E-state index is 14.1. The Labute approximate surface area is 170 Å². The highest BCUT2D eigenvalue weighted by molar-refractivity contribution is 6.23. The number of rotatable bonds is 3. The zero-order valence-corrected chi connectivity index (χ0v) is 16.0. The number of alkyl halides is 6. The molecule has 1 fully saturated rings. The minimum Gasteiger partial charge on any atom is -0.281 e. The van der Waals surface area contributed by atoms with E-state index in [0.717, 1.165) is 24.3 Å². The molecule has 1 unspecified atom stereocenters. The molecule has 1 saturated heterocycles. The van der Waals surface area contributed by atoms with Crippen LogP contribution >= 0.6 is 0 Å². The molecule has 1 atom stereocenters. The van der Waals surface area contributed by atoms with E-state index in [0.29, 0.717) is 4.90 Å². The minimum atomic E-state index is -6.08. The van der Waals surface area contributed by atoms with Gasteiger partial charge in [-0.25, -0.2) is 19.2 Å². The lowest BCUT2D eigenvalue weighted by Gasteiger charge is -2.46. The highest BCUT2D eigenvalue weighted by Crippen LogP contribution is 2.53. The molecule has 1 aromatic rings. The van der Waals surface area contributed by atoms with Crippen LogP contribution in [-0.4, -0.2) is 52.9 Å². The van der Waals surface area contributed by atoms with Crippen molar-refractivity contribution >= 4 is 23.6 Å². The lowest BCUT2D eigenvalue weighted by atomic mass is 9.78. The molecule has 3 rings (SSSR count). The van der Waals surface area contributed by atoms with E-state index in [1.807, 2.05) is 0 Å². The summed E-state index contributed by atoms with van der Waals surface area (Å²) in [4.78, 5) is 31.8. The van der Waals surface area contributed by atoms with Crippen LogP contribution < -0.4 is 5.32 Å². The number of urea groups is 1. The SMILES string of the molecule is CC(C)CN1C(=O)NC(=O)C2C1=NC(c1ccc(F)cc1)=NC2(C(F)(F)F)C(F)(F)F. The Bertz CT molecular complexity index is 951. The molecule has 0 aliphatic carbocycles. The van der Waals surface area contributed by atoms with Gasteiger partial charge in [0.1, 0.15) is 17.6 Å². The van der Waals surface area contributed by atoms with Gasteiger partial charge in [-0.05, 0) is 30.2 Å². The molecule has 31 heavy (non-hydrogen) atoms. The standard InChI is InChI=1S/C18H15F7N4O2/c1-8(2)7-29-13-11(14(30)27-15(29)31)16(17(20,21)22,18(23,24)25)28-12(26-13)9-3-5-10(19)6-4-9/h3-6,8,11H,7H2,1-2H3,(H,27,30,31). The molecule has 0 aromatic heterocycles. The maximum Gasteiger partial charge on any atom is 0.423 e. The van der Waals surface area contributed by atoms with Crippen LogP contribution in [0.1, 0.15) is 19.4 Å². The van der Waals surface area contributed by atoms with Crippen LogP contribution in [0.4, 0.5) is 35.5 Å². The van der Waals surface area contributed by atoms with Crippen molar-refractivity contribution in [1.82, 2.24) is 10.2 Å². The Balaban J connectivity index is 2.35. The Hall–Kier alpha value is -2.99. The normalized spacial score (nSPS) is 21.5. The largest absolute Gasteiger partial charge is 0.423 e. The van der Waals surface area contributed by atoms with Crippen LogP contribution in [0.15, 0.2) is 34.3 Å². The topological polar surface area (TPSA) is 74.1 Å². The Morgan fingerprint density at radius 3 is 2.10 bits per heavy atom. The van der Waals surface area contributed by atoms with Gasteiger partial charge in [-0.2, -0.15) is 26.3 Å². The molecule has 2 aliphatic rings. The number of hydrogen-bond donors (Lipinski definition) is 1. The van der Waals surface area contributed by atoms with Gasteiger partial charge in [0.05, 0.1) is 0 Å². The second-order valence-corrected chi connectivity index (χ2v) is 7.41. The molecule has 6 nitrogen and oxygen atoms in total. The number of nitrogens with zero attached hydrogens (tertiary/aromatic N) is 3. The summed E-state index contributed by atoms with van der Waals surface area (Å²) in [5.41, 5.74) is -5.26. The van der Waals surface area contributed by atoms with Gasteiger partial charge >= 0.3 is 18.4 Å². The van der Waals surface area contributed by atoms with Crippen molar-refractivity contribution in [2.45, 2.75) is 31.7 Å². The summed E-state index contributed by atoms with van der Waals surface area (Å²) >= 11 is 0. The van der Waals surface area contributed by atoms with Crippen LogP contribution in [0.25, 0.3) is 0 Å². The fourth-order valence-corrected chi connectivity index (χ4v) is 3.37. The van der Waals surface area contributed by atoms with Crippen molar-refractivity contribution in [2.24, 2.45) is 21.8 Å². The predicted octanol–water partition coefficient (Wildman–Crippen LogP) is 3.67. The summed E-state index contributed by atoms with van der Waals surface area (Å²) in [7, 11) is 0. The van der Waals surface area contributed by atoms with Crippen LogP contribution in [0.3, 0.4) is 0 Å². The van der Waals surface area contributed by atoms with Crippen LogP contribution in [0.2, 0.25) is 0 Å². The second-order valence-electron chi connectivity index (χ2n) is 7.41. The maximum absolute atomic E-state index is 14.1. The second kappa shape index (κ2) is 7.31. The Morgan fingerprint density at radius 2 is 1.61 bits per heavy atom. The third-order valence-corrected chi connectivity index (χ3v) is 4.71. The quantitative estimate of drug-likeness (QED) is 0.711. The van der Waals surface area contributed by atoms with Crippen molar-refractivity contribution in [3.63, 3.8) is 0 Å². The fraction of sp³-hybridized carbons (Fsp3) is 0.444. The van der Waals surface area contributed by atoms with Gasteiger partial charge < -0.3 is 0 Å². The third-order valence-electron chi connectivity index (χ3n) is 4.71. The van der Waals surface area contributed by atoms with Gasteiger partial charge in [-0.15, -0.1) is 0 Å². The summed E-state index contributed by atoms with van der Waals surface area (Å²) in [6.07, 6.45) is -12.2. The molecular weight excluding hydrogens is 437 g/mol. The summed E-state index contributed by atoms with van der Waals surface area (Å²) in [6, 6.07) is 2.20. The molecule has 2 heterocycles. The van der Waals surface area contributed by atoms with E-state index >= 15 is 0 Å². The van der Waals surface area contributed by atoms with Gasteiger partial charge in [0.15, 0.2) is 5.84 Å². The van der Waals surface area contributed by atoms with Crippen LogP contribution in [0.5, 0.6) is 0 Å². The number of amides is 3. The molecule has 168 valence electrons. The smallest absolute Gasteiger partial charge is 0.281 e. The minimum absolute atomic E-state index is 0.309. The van der Waals surface area contributed by atoms with E-state index in [9.17, 15) is 40.3 Å². The first kappa shape index (κ1) is 22.7. The number of aliphatic imine (C=N–C) groups is 2. The first-order chi connectivity index (χ1) is 14.2. The predicted molar refractivity (Wildman–Crippen MR) is 93.8 cm³/mol. The van der Waals surface area contributed by atoms with E-state index in [2.05, 4.69) is 9.98 Å². The number of imide groups is 1. The molecule has 0 bridgehead atoms. The van der Waals surface area contributed by atoms with Crippen LogP contribution in [0, 0.1) is 17.7 Å². The number of carbonyl (C=O) groups excluding carboxylic acids is 2. The van der Waals surface area contributed by atoms with E-state index in [4.69, 9.17) is 0 Å². The van der Waals surface area contributed by atoms with Gasteiger partial charge in [-0.3, -0.25) is 15.0 Å². The lowest BCUT2D eigenvalue weighted by molar-refractivity contribution is -0.302. The zero-order chi connectivity index (χ0) is 23.4. The van der Waals surface area contributed by atoms with Gasteiger partial charge in [0.2, 0.25) is 5.91 Å². The average Bonchev–Trinajstić information content (AvgIpc) is 2.62. The van der Waals surface area contributed by atoms with E-state index in [1.165, 1.54) is 0 Å². The number of hydrogen-bond acceptors (Lipinski definition) is 4. The summed E-state index contributed by atoms with van der Waals surface area (Å²) in [5.74, 6) is -8.03. The molecule has 13 heteroatoms. The number of amidine groups is 2. The first-order valence-corrected chi connectivity index (χ1v) is 8.89. The molecule has 2 aliphatic heterocycles. The Kier molecular flexibility index (Phi) is 5.35. The number of nitrogens with one attached hydrogen (secondary N) is 1.